The van der Waals surface area contributed by atoms with Gasteiger partial charge in [-0.1, -0.05) is 18.6 Å². The Hall–Kier alpha value is -0.340. The molecule has 0 heterocycles. The Morgan fingerprint density at radius 1 is 1.50 bits per heavy atom. The van der Waals surface area contributed by atoms with Gasteiger partial charge in [0.15, 0.2) is 0 Å². The van der Waals surface area contributed by atoms with Crippen molar-refractivity contribution >= 4 is 0 Å². The fraction of sp³-hybridized carbons (Fsp3) is 0.750. The van der Waals surface area contributed by atoms with E-state index >= 15 is 0 Å². The van der Waals surface area contributed by atoms with Crippen LogP contribution in [0.4, 0.5) is 0 Å². The molecule has 0 radical (unpaired) electrons. The predicted molar refractivity (Wildman–Crippen MR) is 41.7 cm³/mol. The van der Waals surface area contributed by atoms with Crippen LogP contribution >= 0.6 is 0 Å². The Morgan fingerprint density at radius 3 is 2.30 bits per heavy atom. The fourth-order valence-electron chi connectivity index (χ4n) is 0.641. The molecule has 2 unspecified atom stereocenters. The molecule has 0 aliphatic rings. The molecule has 0 aliphatic carbocycles. The first-order chi connectivity index (χ1) is 4.57. The van der Waals surface area contributed by atoms with Crippen molar-refractivity contribution in [1.82, 2.24) is 0 Å². The second kappa shape index (κ2) is 4.47. The van der Waals surface area contributed by atoms with Crippen molar-refractivity contribution in [3.63, 3.8) is 0 Å². The third-order valence-corrected chi connectivity index (χ3v) is 1.56. The molecule has 2 nitrogen and oxygen atoms in total. The zero-order chi connectivity index (χ0) is 8.15. The van der Waals surface area contributed by atoms with Crippen molar-refractivity contribution in [2.24, 2.45) is 5.92 Å². The minimum absolute atomic E-state index is 0.0804. The summed E-state index contributed by atoms with van der Waals surface area (Å²) in [5.41, 5.74) is 0.911. The maximum Gasteiger partial charge on any atom is 0.0639 e. The standard InChI is InChI=1S/C8H16O2/c1-6(5-9)4-7(2)8(3)10/h4,7-10H,5H2,1-3H3/b6-4-. The zero-order valence-electron chi connectivity index (χ0n) is 6.83. The van der Waals surface area contributed by atoms with E-state index in [0.29, 0.717) is 0 Å². The first-order valence-electron chi connectivity index (χ1n) is 3.54. The molecule has 0 saturated heterocycles. The van der Waals surface area contributed by atoms with Crippen LogP contribution in [0.15, 0.2) is 11.6 Å². The van der Waals surface area contributed by atoms with Gasteiger partial charge in [-0.25, -0.2) is 0 Å². The third-order valence-electron chi connectivity index (χ3n) is 1.56. The summed E-state index contributed by atoms with van der Waals surface area (Å²) >= 11 is 0. The van der Waals surface area contributed by atoms with Crippen LogP contribution < -0.4 is 0 Å². The highest BCUT2D eigenvalue weighted by atomic mass is 16.3. The molecular weight excluding hydrogens is 128 g/mol. The molecule has 0 bridgehead atoms. The van der Waals surface area contributed by atoms with Gasteiger partial charge in [-0.3, -0.25) is 0 Å². The van der Waals surface area contributed by atoms with E-state index in [1.165, 1.54) is 0 Å². The van der Waals surface area contributed by atoms with Crippen molar-refractivity contribution in [2.75, 3.05) is 6.61 Å². The van der Waals surface area contributed by atoms with E-state index in [1.807, 2.05) is 19.9 Å². The minimum atomic E-state index is -0.332. The molecule has 0 fully saturated rings. The molecular formula is C8H16O2. The van der Waals surface area contributed by atoms with Crippen LogP contribution in [-0.4, -0.2) is 22.9 Å². The number of hydrogen-bond donors (Lipinski definition) is 2. The second-order valence-electron chi connectivity index (χ2n) is 2.77. The van der Waals surface area contributed by atoms with E-state index in [4.69, 9.17) is 10.2 Å². The highest BCUT2D eigenvalue weighted by molar-refractivity contribution is 5.01. The summed E-state index contributed by atoms with van der Waals surface area (Å²) in [4.78, 5) is 0. The maximum atomic E-state index is 9.04. The Labute approximate surface area is 62.2 Å². The van der Waals surface area contributed by atoms with Gasteiger partial charge in [0.1, 0.15) is 0 Å². The summed E-state index contributed by atoms with van der Waals surface area (Å²) in [6, 6.07) is 0. The Balaban J connectivity index is 3.86. The van der Waals surface area contributed by atoms with Gasteiger partial charge in [0.2, 0.25) is 0 Å². The summed E-state index contributed by atoms with van der Waals surface area (Å²) in [5.74, 6) is 0.132. The highest BCUT2D eigenvalue weighted by Crippen LogP contribution is 2.06. The van der Waals surface area contributed by atoms with Gasteiger partial charge in [-0.15, -0.1) is 0 Å². The van der Waals surface area contributed by atoms with Gasteiger partial charge < -0.3 is 10.2 Å². The second-order valence-corrected chi connectivity index (χ2v) is 2.77. The molecule has 60 valence electrons. The SMILES string of the molecule is C/C(=C/C(C)C(C)O)CO. The summed E-state index contributed by atoms with van der Waals surface area (Å²) in [7, 11) is 0. The lowest BCUT2D eigenvalue weighted by atomic mass is 10.0. The molecule has 10 heavy (non-hydrogen) atoms. The van der Waals surface area contributed by atoms with Crippen LogP contribution in [0.5, 0.6) is 0 Å². The van der Waals surface area contributed by atoms with Gasteiger partial charge in [0.05, 0.1) is 12.7 Å². The molecule has 0 rings (SSSR count). The van der Waals surface area contributed by atoms with E-state index in [9.17, 15) is 0 Å². The van der Waals surface area contributed by atoms with Crippen LogP contribution in [0.3, 0.4) is 0 Å². The highest BCUT2D eigenvalue weighted by Gasteiger charge is 2.04. The number of rotatable bonds is 3. The molecule has 0 aromatic rings. The maximum absolute atomic E-state index is 9.04. The normalized spacial score (nSPS) is 18.7. The van der Waals surface area contributed by atoms with Crippen LogP contribution in [-0.2, 0) is 0 Å². The van der Waals surface area contributed by atoms with Crippen molar-refractivity contribution in [2.45, 2.75) is 26.9 Å². The van der Waals surface area contributed by atoms with Gasteiger partial charge in [0, 0.05) is 0 Å². The smallest absolute Gasteiger partial charge is 0.0639 e. The Bertz CT molecular complexity index is 116. The van der Waals surface area contributed by atoms with Crippen molar-refractivity contribution in [1.29, 1.82) is 0 Å². The largest absolute Gasteiger partial charge is 0.393 e. The molecule has 0 aromatic heterocycles. The summed E-state index contributed by atoms with van der Waals surface area (Å²) in [6.07, 6.45) is 1.55. The average Bonchev–Trinajstić information content (AvgIpc) is 1.87. The lowest BCUT2D eigenvalue weighted by Crippen LogP contribution is -2.10. The van der Waals surface area contributed by atoms with Gasteiger partial charge in [-0.05, 0) is 19.8 Å². The monoisotopic (exact) mass is 144 g/mol. The molecule has 2 heteroatoms. The molecule has 2 atom stereocenters. The van der Waals surface area contributed by atoms with Crippen LogP contribution in [0.2, 0.25) is 0 Å². The Morgan fingerprint density at radius 2 is 2.00 bits per heavy atom. The molecule has 2 N–H and O–H groups in total. The summed E-state index contributed by atoms with van der Waals surface area (Å²) in [5, 5.41) is 17.7. The molecule has 0 aromatic carbocycles. The summed E-state index contributed by atoms with van der Waals surface area (Å²) in [6.45, 7) is 5.59. The third kappa shape index (κ3) is 3.64. The predicted octanol–water partition coefficient (Wildman–Crippen LogP) is 0.942. The zero-order valence-corrected chi connectivity index (χ0v) is 6.83. The molecule has 0 amide bonds. The van der Waals surface area contributed by atoms with E-state index in [2.05, 4.69) is 0 Å². The lowest BCUT2D eigenvalue weighted by Gasteiger charge is -2.09. The molecule has 0 spiro atoms. The van der Waals surface area contributed by atoms with Crippen LogP contribution in [0.25, 0.3) is 0 Å². The number of aliphatic hydroxyl groups is 2. The fourth-order valence-corrected chi connectivity index (χ4v) is 0.641. The number of aliphatic hydroxyl groups excluding tert-OH is 2. The van der Waals surface area contributed by atoms with Gasteiger partial charge in [-0.2, -0.15) is 0 Å². The van der Waals surface area contributed by atoms with Crippen molar-refractivity contribution < 1.29 is 10.2 Å². The van der Waals surface area contributed by atoms with Crippen LogP contribution in [0.1, 0.15) is 20.8 Å². The first kappa shape index (κ1) is 9.66. The van der Waals surface area contributed by atoms with Crippen molar-refractivity contribution in [3.8, 4) is 0 Å². The van der Waals surface area contributed by atoms with Crippen molar-refractivity contribution in [3.05, 3.63) is 11.6 Å². The topological polar surface area (TPSA) is 40.5 Å². The lowest BCUT2D eigenvalue weighted by molar-refractivity contribution is 0.156. The van der Waals surface area contributed by atoms with Gasteiger partial charge in [0.25, 0.3) is 0 Å². The van der Waals surface area contributed by atoms with E-state index < -0.39 is 0 Å². The van der Waals surface area contributed by atoms with Gasteiger partial charge >= 0.3 is 0 Å². The average molecular weight is 144 g/mol. The summed E-state index contributed by atoms with van der Waals surface area (Å²) < 4.78 is 0. The van der Waals surface area contributed by atoms with E-state index in [1.54, 1.807) is 6.92 Å². The molecule has 0 aliphatic heterocycles. The van der Waals surface area contributed by atoms with E-state index in [0.717, 1.165) is 5.57 Å². The first-order valence-corrected chi connectivity index (χ1v) is 3.54. The minimum Gasteiger partial charge on any atom is -0.393 e. The molecule has 0 saturated carbocycles. The number of hydrogen-bond acceptors (Lipinski definition) is 2. The Kier molecular flexibility index (Phi) is 4.32. The van der Waals surface area contributed by atoms with E-state index in [-0.39, 0.29) is 18.6 Å². The van der Waals surface area contributed by atoms with Crippen LogP contribution in [0, 0.1) is 5.92 Å². The quantitative estimate of drug-likeness (QED) is 0.579.